The van der Waals surface area contributed by atoms with Crippen LogP contribution >= 0.6 is 0 Å². The van der Waals surface area contributed by atoms with Crippen LogP contribution in [0.15, 0.2) is 41.5 Å². The molecule has 0 spiro atoms. The number of hydrazone groups is 1. The first-order valence-corrected chi connectivity index (χ1v) is 4.71. The van der Waals surface area contributed by atoms with Crippen molar-refractivity contribution < 1.29 is 13.2 Å². The fraction of sp³-hybridized carbons (Fsp3) is 0.182. The number of hydrogen-bond acceptors (Lipinski definition) is 2. The van der Waals surface area contributed by atoms with Crippen molar-refractivity contribution in [2.45, 2.75) is 6.18 Å². The molecule has 2 rings (SSSR count). The van der Waals surface area contributed by atoms with Gasteiger partial charge in [-0.05, 0) is 17.2 Å². The third kappa shape index (κ3) is 2.24. The molecule has 16 heavy (non-hydrogen) atoms. The number of halogens is 3. The highest BCUT2D eigenvalue weighted by molar-refractivity contribution is 6.05. The van der Waals surface area contributed by atoms with E-state index in [1.165, 1.54) is 0 Å². The molecule has 1 N–H and O–H groups in total. The molecule has 0 amide bonds. The number of rotatable bonds is 1. The van der Waals surface area contributed by atoms with E-state index in [2.05, 4.69) is 10.5 Å². The van der Waals surface area contributed by atoms with Crippen LogP contribution in [0.4, 0.5) is 13.2 Å². The molecule has 0 saturated carbocycles. The van der Waals surface area contributed by atoms with E-state index in [1.807, 2.05) is 6.07 Å². The minimum atomic E-state index is -4.41. The summed E-state index contributed by atoms with van der Waals surface area (Å²) in [5.74, 6) is 0. The lowest BCUT2D eigenvalue weighted by molar-refractivity contribution is -0.0581. The van der Waals surface area contributed by atoms with Gasteiger partial charge in [-0.15, -0.1) is 0 Å². The Hall–Kier alpha value is -1.78. The molecular formula is C11H9F3N2. The summed E-state index contributed by atoms with van der Waals surface area (Å²) in [4.78, 5) is 0. The largest absolute Gasteiger partial charge is 0.435 e. The number of nitrogens with zero attached hydrogens (tertiary/aromatic N) is 1. The maximum Gasteiger partial charge on any atom is 0.435 e. The number of hydrogen-bond donors (Lipinski definition) is 1. The predicted octanol–water partition coefficient (Wildman–Crippen LogP) is 2.59. The van der Waals surface area contributed by atoms with Gasteiger partial charge in [0.25, 0.3) is 0 Å². The van der Waals surface area contributed by atoms with Crippen molar-refractivity contribution in [3.05, 3.63) is 42.0 Å². The van der Waals surface area contributed by atoms with E-state index in [9.17, 15) is 13.2 Å². The summed E-state index contributed by atoms with van der Waals surface area (Å²) in [6.45, 7) is 0.309. The molecule has 1 aliphatic heterocycles. The third-order valence-electron chi connectivity index (χ3n) is 2.21. The van der Waals surface area contributed by atoms with Gasteiger partial charge in [-0.3, -0.25) is 0 Å². The first-order chi connectivity index (χ1) is 7.57. The van der Waals surface area contributed by atoms with Gasteiger partial charge in [-0.1, -0.05) is 30.3 Å². The van der Waals surface area contributed by atoms with Gasteiger partial charge in [0.15, 0.2) is 5.71 Å². The summed E-state index contributed by atoms with van der Waals surface area (Å²) in [6, 6.07) is 8.93. The van der Waals surface area contributed by atoms with Crippen molar-refractivity contribution >= 4 is 11.3 Å². The van der Waals surface area contributed by atoms with Gasteiger partial charge >= 0.3 is 6.18 Å². The molecule has 0 unspecified atom stereocenters. The lowest BCUT2D eigenvalue weighted by Gasteiger charge is -2.16. The number of nitrogens with one attached hydrogen (secondary N) is 1. The van der Waals surface area contributed by atoms with Crippen LogP contribution in [0.25, 0.3) is 5.57 Å². The highest BCUT2D eigenvalue weighted by Crippen LogP contribution is 2.23. The van der Waals surface area contributed by atoms with Crippen LogP contribution in [0.5, 0.6) is 0 Å². The average molecular weight is 226 g/mol. The molecule has 1 aromatic rings. The quantitative estimate of drug-likeness (QED) is 0.782. The fourth-order valence-corrected chi connectivity index (χ4v) is 1.44. The molecule has 84 valence electrons. The Kier molecular flexibility index (Phi) is 2.68. The molecule has 0 radical (unpaired) electrons. The number of alkyl halides is 3. The van der Waals surface area contributed by atoms with Gasteiger partial charge < -0.3 is 5.43 Å². The van der Waals surface area contributed by atoms with E-state index in [0.29, 0.717) is 12.1 Å². The van der Waals surface area contributed by atoms with Gasteiger partial charge in [0.2, 0.25) is 0 Å². The van der Waals surface area contributed by atoms with Crippen molar-refractivity contribution in [3.63, 3.8) is 0 Å². The second-order valence-electron chi connectivity index (χ2n) is 3.37. The summed E-state index contributed by atoms with van der Waals surface area (Å²) in [7, 11) is 0. The van der Waals surface area contributed by atoms with Crippen LogP contribution in [-0.2, 0) is 0 Å². The molecule has 0 fully saturated rings. The fourth-order valence-electron chi connectivity index (χ4n) is 1.44. The van der Waals surface area contributed by atoms with Crippen LogP contribution in [0, 0.1) is 0 Å². The molecule has 1 aliphatic rings. The Morgan fingerprint density at radius 1 is 1.12 bits per heavy atom. The van der Waals surface area contributed by atoms with Crippen LogP contribution < -0.4 is 5.43 Å². The summed E-state index contributed by atoms with van der Waals surface area (Å²) in [5, 5.41) is 3.24. The van der Waals surface area contributed by atoms with E-state index in [4.69, 9.17) is 0 Å². The molecule has 1 heterocycles. The second kappa shape index (κ2) is 4.00. The lowest BCUT2D eigenvalue weighted by Crippen LogP contribution is -2.28. The normalized spacial score (nSPS) is 16.2. The molecular weight excluding hydrogens is 217 g/mol. The maximum absolute atomic E-state index is 12.4. The van der Waals surface area contributed by atoms with Gasteiger partial charge in [-0.2, -0.15) is 18.3 Å². The molecule has 5 heteroatoms. The Morgan fingerprint density at radius 3 is 2.44 bits per heavy atom. The van der Waals surface area contributed by atoms with Crippen LogP contribution in [0.1, 0.15) is 5.56 Å². The summed E-state index contributed by atoms with van der Waals surface area (Å²) in [6.07, 6.45) is -3.33. The topological polar surface area (TPSA) is 24.4 Å². The molecule has 2 nitrogen and oxygen atoms in total. The minimum Gasteiger partial charge on any atom is -0.305 e. The monoisotopic (exact) mass is 226 g/mol. The standard InChI is InChI=1S/C11H9F3N2/c12-11(13,14)10-6-9(7-15-16-10)8-4-2-1-3-5-8/h1-6,15H,7H2. The minimum absolute atomic E-state index is 0.309. The highest BCUT2D eigenvalue weighted by atomic mass is 19.4. The Balaban J connectivity index is 2.32. The molecule has 0 aliphatic carbocycles. The van der Waals surface area contributed by atoms with Crippen LogP contribution in [-0.4, -0.2) is 18.4 Å². The Morgan fingerprint density at radius 2 is 1.81 bits per heavy atom. The maximum atomic E-state index is 12.4. The third-order valence-corrected chi connectivity index (χ3v) is 2.21. The van der Waals surface area contributed by atoms with Gasteiger partial charge in [0.1, 0.15) is 0 Å². The van der Waals surface area contributed by atoms with Crippen molar-refractivity contribution in [1.82, 2.24) is 5.43 Å². The first kappa shape index (κ1) is 10.7. The average Bonchev–Trinajstić information content (AvgIpc) is 2.29. The van der Waals surface area contributed by atoms with Gasteiger partial charge in [0, 0.05) is 0 Å². The number of benzene rings is 1. The summed E-state index contributed by atoms with van der Waals surface area (Å²) in [5.41, 5.74) is 2.85. The zero-order valence-corrected chi connectivity index (χ0v) is 8.25. The lowest BCUT2D eigenvalue weighted by atomic mass is 10.0. The SMILES string of the molecule is FC(F)(F)C1=NNCC(c2ccccc2)=C1. The van der Waals surface area contributed by atoms with E-state index >= 15 is 0 Å². The molecule has 1 aromatic carbocycles. The van der Waals surface area contributed by atoms with Crippen LogP contribution in [0.3, 0.4) is 0 Å². The van der Waals surface area contributed by atoms with Gasteiger partial charge in [-0.25, -0.2) is 0 Å². The van der Waals surface area contributed by atoms with E-state index in [0.717, 1.165) is 11.6 Å². The van der Waals surface area contributed by atoms with Crippen molar-refractivity contribution in [1.29, 1.82) is 0 Å². The first-order valence-electron chi connectivity index (χ1n) is 4.71. The van der Waals surface area contributed by atoms with Crippen molar-refractivity contribution in [2.75, 3.05) is 6.54 Å². The number of allylic oxidation sites excluding steroid dienone is 1. The zero-order valence-electron chi connectivity index (χ0n) is 8.25. The van der Waals surface area contributed by atoms with E-state index in [1.54, 1.807) is 24.3 Å². The molecule has 0 atom stereocenters. The van der Waals surface area contributed by atoms with Crippen LogP contribution in [0.2, 0.25) is 0 Å². The van der Waals surface area contributed by atoms with Gasteiger partial charge in [0.05, 0.1) is 6.54 Å². The smallest absolute Gasteiger partial charge is 0.305 e. The van der Waals surface area contributed by atoms with E-state index in [-0.39, 0.29) is 0 Å². The van der Waals surface area contributed by atoms with Crippen molar-refractivity contribution in [2.24, 2.45) is 5.10 Å². The summed E-state index contributed by atoms with van der Waals surface area (Å²) < 4.78 is 37.2. The molecule has 0 aromatic heterocycles. The second-order valence-corrected chi connectivity index (χ2v) is 3.37. The summed E-state index contributed by atoms with van der Waals surface area (Å²) >= 11 is 0. The predicted molar refractivity (Wildman–Crippen MR) is 55.9 cm³/mol. The zero-order chi connectivity index (χ0) is 11.6. The van der Waals surface area contributed by atoms with E-state index < -0.39 is 11.9 Å². The molecule has 0 saturated heterocycles. The van der Waals surface area contributed by atoms with Crippen molar-refractivity contribution in [3.8, 4) is 0 Å². The Bertz CT molecular complexity index is 432. The molecule has 0 bridgehead atoms. The highest BCUT2D eigenvalue weighted by Gasteiger charge is 2.35. The Labute approximate surface area is 90.5 Å².